The number of fused-ring (bicyclic) bond motifs is 3. The number of benzene rings is 2. The van der Waals surface area contributed by atoms with Gasteiger partial charge in [0, 0.05) is 0 Å². The lowest BCUT2D eigenvalue weighted by Gasteiger charge is -2.17. The van der Waals surface area contributed by atoms with Gasteiger partial charge in [0.2, 0.25) is 6.10 Å². The third-order valence-corrected chi connectivity index (χ3v) is 4.54. The molecule has 2 heterocycles. The number of esters is 1. The van der Waals surface area contributed by atoms with E-state index in [-0.39, 0.29) is 0 Å². The van der Waals surface area contributed by atoms with E-state index >= 15 is 0 Å². The molecule has 0 radical (unpaired) electrons. The smallest absolute Gasteiger partial charge is 0.348 e. The van der Waals surface area contributed by atoms with Crippen LogP contribution in [-0.2, 0) is 9.53 Å². The summed E-state index contributed by atoms with van der Waals surface area (Å²) in [6.07, 6.45) is -0.976. The Morgan fingerprint density at radius 2 is 1.88 bits per heavy atom. The van der Waals surface area contributed by atoms with Crippen LogP contribution in [0.2, 0.25) is 0 Å². The fourth-order valence-electron chi connectivity index (χ4n) is 3.35. The summed E-state index contributed by atoms with van der Waals surface area (Å²) in [7, 11) is 2.84. The molecule has 4 rings (SSSR count). The molecule has 0 bridgehead atoms. The van der Waals surface area contributed by atoms with E-state index in [9.17, 15) is 9.59 Å². The summed E-state index contributed by atoms with van der Waals surface area (Å²) in [5, 5.41) is 0.640. The summed E-state index contributed by atoms with van der Waals surface area (Å²) >= 11 is 0. The molecule has 1 aliphatic heterocycles. The first kappa shape index (κ1) is 16.2. The second kappa shape index (κ2) is 6.22. The second-order valence-electron chi connectivity index (χ2n) is 5.94. The van der Waals surface area contributed by atoms with Crippen molar-refractivity contribution in [2.24, 2.45) is 0 Å². The molecule has 0 saturated heterocycles. The van der Waals surface area contributed by atoms with Crippen LogP contribution >= 0.6 is 0 Å². The van der Waals surface area contributed by atoms with Gasteiger partial charge in [0.1, 0.15) is 17.1 Å². The maximum atomic E-state index is 12.7. The third kappa shape index (κ3) is 2.42. The molecule has 0 fully saturated rings. The average Bonchev–Trinajstić information content (AvgIpc) is 3.09. The minimum Gasteiger partial charge on any atom is -0.497 e. The quantitative estimate of drug-likeness (QED) is 0.533. The molecule has 6 heteroatoms. The molecule has 0 N–H and O–H groups in total. The highest BCUT2D eigenvalue weighted by molar-refractivity contribution is 5.88. The molecule has 0 saturated carbocycles. The molecule has 0 amide bonds. The van der Waals surface area contributed by atoms with Crippen LogP contribution in [0.25, 0.3) is 11.0 Å². The number of hydrogen-bond acceptors (Lipinski definition) is 6. The van der Waals surface area contributed by atoms with Gasteiger partial charge in [-0.25, -0.2) is 9.59 Å². The first-order chi connectivity index (χ1) is 12.6. The van der Waals surface area contributed by atoms with Crippen LogP contribution in [0.3, 0.4) is 0 Å². The number of para-hydroxylation sites is 1. The summed E-state index contributed by atoms with van der Waals surface area (Å²) in [5.41, 5.74) is 0.900. The number of methoxy groups -OCH3 is 2. The molecule has 1 aromatic heterocycles. The monoisotopic (exact) mass is 352 g/mol. The predicted octanol–water partition coefficient (Wildman–Crippen LogP) is 2.87. The number of carbonyl (C=O) groups is 1. The first-order valence-corrected chi connectivity index (χ1v) is 8.08. The van der Waals surface area contributed by atoms with E-state index in [4.69, 9.17) is 18.6 Å². The summed E-state index contributed by atoms with van der Waals surface area (Å²) in [6, 6.07) is 14.2. The lowest BCUT2D eigenvalue weighted by molar-refractivity contribution is -0.148. The van der Waals surface area contributed by atoms with Crippen molar-refractivity contribution in [3.63, 3.8) is 0 Å². The van der Waals surface area contributed by atoms with Gasteiger partial charge in [0.15, 0.2) is 0 Å². The Hall–Kier alpha value is -3.28. The Labute approximate surface area is 148 Å². The van der Waals surface area contributed by atoms with Crippen molar-refractivity contribution in [1.29, 1.82) is 0 Å². The van der Waals surface area contributed by atoms with Crippen molar-refractivity contribution in [1.82, 2.24) is 0 Å². The lowest BCUT2D eigenvalue weighted by atomic mass is 9.88. The van der Waals surface area contributed by atoms with Crippen molar-refractivity contribution in [2.45, 2.75) is 12.0 Å². The fraction of sp³-hybridized carbons (Fsp3) is 0.200. The van der Waals surface area contributed by atoms with Gasteiger partial charge < -0.3 is 18.6 Å². The minimum atomic E-state index is -0.976. The van der Waals surface area contributed by atoms with Crippen molar-refractivity contribution in [3.8, 4) is 11.5 Å². The Balaban J connectivity index is 1.98. The Morgan fingerprint density at radius 3 is 2.65 bits per heavy atom. The molecule has 0 spiro atoms. The predicted molar refractivity (Wildman–Crippen MR) is 93.8 cm³/mol. The van der Waals surface area contributed by atoms with Gasteiger partial charge in [-0.1, -0.05) is 24.3 Å². The van der Waals surface area contributed by atoms with Crippen LogP contribution in [0.4, 0.5) is 0 Å². The molecular formula is C20H16O6. The van der Waals surface area contributed by atoms with E-state index < -0.39 is 23.6 Å². The zero-order valence-corrected chi connectivity index (χ0v) is 14.2. The Bertz CT molecular complexity index is 1050. The molecule has 1 aliphatic rings. The summed E-state index contributed by atoms with van der Waals surface area (Å²) < 4.78 is 21.5. The van der Waals surface area contributed by atoms with Crippen molar-refractivity contribution >= 4 is 16.9 Å². The van der Waals surface area contributed by atoms with Gasteiger partial charge in [0.25, 0.3) is 0 Å². The molecule has 0 unspecified atom stereocenters. The van der Waals surface area contributed by atoms with E-state index in [0.717, 1.165) is 0 Å². The maximum Gasteiger partial charge on any atom is 0.348 e. The summed E-state index contributed by atoms with van der Waals surface area (Å²) in [4.78, 5) is 25.0. The summed E-state index contributed by atoms with van der Waals surface area (Å²) in [6.45, 7) is 0. The first-order valence-electron chi connectivity index (χ1n) is 8.08. The van der Waals surface area contributed by atoms with Gasteiger partial charge in [-0.3, -0.25) is 0 Å². The van der Waals surface area contributed by atoms with Gasteiger partial charge >= 0.3 is 11.6 Å². The van der Waals surface area contributed by atoms with Crippen molar-refractivity contribution in [3.05, 3.63) is 70.1 Å². The van der Waals surface area contributed by atoms with Crippen LogP contribution in [0, 0.1) is 0 Å². The van der Waals surface area contributed by atoms with E-state index in [2.05, 4.69) is 0 Å². The highest BCUT2D eigenvalue weighted by Gasteiger charge is 2.45. The van der Waals surface area contributed by atoms with Gasteiger partial charge in [-0.05, 0) is 29.8 Å². The zero-order valence-electron chi connectivity index (χ0n) is 14.2. The van der Waals surface area contributed by atoms with Crippen molar-refractivity contribution < 1.29 is 23.4 Å². The Morgan fingerprint density at radius 1 is 1.08 bits per heavy atom. The minimum absolute atomic E-state index is 0.312. The van der Waals surface area contributed by atoms with Crippen LogP contribution in [0.5, 0.6) is 11.5 Å². The largest absolute Gasteiger partial charge is 0.497 e. The maximum absolute atomic E-state index is 12.7. The molecule has 132 valence electrons. The van der Waals surface area contributed by atoms with Crippen LogP contribution in [0.1, 0.15) is 17.0 Å². The van der Waals surface area contributed by atoms with E-state index in [0.29, 0.717) is 33.6 Å². The number of rotatable bonds is 3. The zero-order chi connectivity index (χ0) is 18.3. The van der Waals surface area contributed by atoms with Gasteiger partial charge in [-0.2, -0.15) is 0 Å². The van der Waals surface area contributed by atoms with Gasteiger partial charge in [-0.15, -0.1) is 0 Å². The van der Waals surface area contributed by atoms with Gasteiger partial charge in [0.05, 0.1) is 31.1 Å². The number of carbonyl (C=O) groups excluding carboxylic acids is 1. The van der Waals surface area contributed by atoms with Crippen LogP contribution < -0.4 is 15.1 Å². The second-order valence-corrected chi connectivity index (χ2v) is 5.94. The van der Waals surface area contributed by atoms with E-state index in [1.54, 1.807) is 43.5 Å². The van der Waals surface area contributed by atoms with E-state index in [1.165, 1.54) is 7.11 Å². The molecule has 6 nitrogen and oxygen atoms in total. The Kier molecular flexibility index (Phi) is 3.88. The third-order valence-electron chi connectivity index (χ3n) is 4.54. The molecule has 2 aromatic carbocycles. The van der Waals surface area contributed by atoms with Crippen molar-refractivity contribution in [2.75, 3.05) is 14.2 Å². The van der Waals surface area contributed by atoms with Crippen LogP contribution in [-0.4, -0.2) is 26.3 Å². The topological polar surface area (TPSA) is 75.0 Å². The molecular weight excluding hydrogens is 336 g/mol. The standard InChI is InChI=1S/C20H16O6/c1-23-12-7-5-6-11(10-12)15-16-17(26-18(15)20(22)24-2)13-8-3-4-9-14(13)25-19(16)21/h3-10,15,18H,1-2H3/t15-,18+/m0/s1. The lowest BCUT2D eigenvalue weighted by Crippen LogP contribution is -2.31. The molecule has 2 atom stereocenters. The number of ether oxygens (including phenoxy) is 3. The average molecular weight is 352 g/mol. The normalized spacial score (nSPS) is 18.2. The SMILES string of the molecule is COC(=O)[C@@H]1Oc2c(c(=O)oc3ccccc23)[C@@H]1c1cccc(OC)c1. The van der Waals surface area contributed by atoms with Crippen LogP contribution in [0.15, 0.2) is 57.7 Å². The molecule has 3 aromatic rings. The summed E-state index contributed by atoms with van der Waals surface area (Å²) in [5.74, 6) is -0.226. The fourth-order valence-corrected chi connectivity index (χ4v) is 3.35. The highest BCUT2D eigenvalue weighted by Crippen LogP contribution is 2.44. The number of hydrogen-bond donors (Lipinski definition) is 0. The molecule has 0 aliphatic carbocycles. The van der Waals surface area contributed by atoms with E-state index in [1.807, 2.05) is 12.1 Å². The molecule has 26 heavy (non-hydrogen) atoms. The highest BCUT2D eigenvalue weighted by atomic mass is 16.6.